The molecule has 2 saturated heterocycles. The molecule has 4 atom stereocenters. The van der Waals surface area contributed by atoms with Crippen LogP contribution in [0.4, 0.5) is 0 Å². The number of fused-ring (bicyclic) bond motifs is 2. The van der Waals surface area contributed by atoms with Crippen molar-refractivity contribution in [3.05, 3.63) is 54.2 Å². The molecule has 2 aromatic heterocycles. The maximum atomic E-state index is 7.36. The van der Waals surface area contributed by atoms with Crippen LogP contribution in [0, 0.1) is 0 Å². The lowest BCUT2D eigenvalue weighted by atomic mass is 10.1. The second-order valence-corrected chi connectivity index (χ2v) is 21.5. The van der Waals surface area contributed by atoms with Crippen LogP contribution in [0.5, 0.6) is 0 Å². The van der Waals surface area contributed by atoms with Gasteiger partial charge >= 0.3 is 17.1 Å². The van der Waals surface area contributed by atoms with Crippen molar-refractivity contribution >= 4 is 40.4 Å². The molecule has 11 heteroatoms. The molecule has 0 N–H and O–H groups in total. The summed E-state index contributed by atoms with van der Waals surface area (Å²) in [4.78, 5) is 13.8. The molecule has 4 heterocycles. The van der Waals surface area contributed by atoms with Crippen LogP contribution in [0.3, 0.4) is 0 Å². The molecule has 2 aliphatic rings. The van der Waals surface area contributed by atoms with Gasteiger partial charge in [0, 0.05) is 7.11 Å². The van der Waals surface area contributed by atoms with E-state index < -0.39 is 29.5 Å². The van der Waals surface area contributed by atoms with Gasteiger partial charge in [0.25, 0.3) is 0 Å². The summed E-state index contributed by atoms with van der Waals surface area (Å²) in [5.41, 5.74) is 4.14. The molecule has 2 fully saturated rings. The fourth-order valence-corrected chi connectivity index (χ4v) is 17.7. The largest absolute Gasteiger partial charge is 0.414 e. The number of imidazole rings is 1. The van der Waals surface area contributed by atoms with Crippen molar-refractivity contribution in [2.24, 2.45) is 0 Å². The molecule has 0 unspecified atom stereocenters. The average Bonchev–Trinajstić information content (AvgIpc) is 3.52. The highest BCUT2D eigenvalue weighted by Gasteiger charge is 2.62. The Hall–Kier alpha value is -2.26. The minimum atomic E-state index is -2.83. The number of rotatable bonds is 8. The zero-order valence-electron chi connectivity index (χ0n) is 26.4. The summed E-state index contributed by atoms with van der Waals surface area (Å²) in [6.45, 7) is 18.2. The Morgan fingerprint density at radius 1 is 0.881 bits per heavy atom. The van der Waals surface area contributed by atoms with Crippen LogP contribution >= 0.6 is 0 Å². The molecule has 0 saturated carbocycles. The molecule has 0 radical (unpaired) electrons. The first-order valence-corrected chi connectivity index (χ1v) is 19.1. The second-order valence-electron chi connectivity index (χ2n) is 12.6. The van der Waals surface area contributed by atoms with E-state index in [1.807, 2.05) is 34.9 Å². The number of benzene rings is 1. The van der Waals surface area contributed by atoms with Crippen molar-refractivity contribution in [3.8, 4) is 0 Å². The molecular formula is C31H46N4O5Si2. The van der Waals surface area contributed by atoms with Gasteiger partial charge in [-0.25, -0.2) is 15.0 Å². The summed E-state index contributed by atoms with van der Waals surface area (Å²) in [5, 5.41) is 0. The van der Waals surface area contributed by atoms with E-state index in [2.05, 4.69) is 77.5 Å². The van der Waals surface area contributed by atoms with E-state index in [9.17, 15) is 0 Å². The number of ether oxygens (including phenoxy) is 2. The summed E-state index contributed by atoms with van der Waals surface area (Å²) < 4.78 is 36.5. The number of hydrogen-bond donors (Lipinski definition) is 0. The lowest BCUT2D eigenvalue weighted by Crippen LogP contribution is -2.65. The quantitative estimate of drug-likeness (QED) is 0.256. The topological polar surface area (TPSA) is 89.8 Å². The molecule has 3 aromatic rings. The van der Waals surface area contributed by atoms with E-state index in [-0.39, 0.29) is 34.4 Å². The van der Waals surface area contributed by atoms with E-state index in [4.69, 9.17) is 27.4 Å². The van der Waals surface area contributed by atoms with Gasteiger partial charge in [-0.05, 0) is 33.8 Å². The van der Waals surface area contributed by atoms with E-state index >= 15 is 0 Å². The fourth-order valence-electron chi connectivity index (χ4n) is 6.51. The summed E-state index contributed by atoms with van der Waals surface area (Å²) in [5.74, 6) is 0. The third-order valence-corrected chi connectivity index (χ3v) is 19.0. The third kappa shape index (κ3) is 5.44. The van der Waals surface area contributed by atoms with E-state index in [0.717, 1.165) is 11.3 Å². The van der Waals surface area contributed by atoms with Crippen LogP contribution in [-0.2, 0) is 22.4 Å². The monoisotopic (exact) mass is 610 g/mol. The molecule has 42 heavy (non-hydrogen) atoms. The Bertz CT molecular complexity index is 1360. The zero-order valence-corrected chi connectivity index (χ0v) is 28.4. The highest BCUT2D eigenvalue weighted by molar-refractivity contribution is 6.84. The van der Waals surface area contributed by atoms with Crippen LogP contribution in [0.1, 0.15) is 72.9 Å². The highest BCUT2D eigenvalue weighted by atomic mass is 28.5. The Morgan fingerprint density at radius 3 is 2.17 bits per heavy atom. The number of methoxy groups -OCH3 is 1. The predicted molar refractivity (Wildman–Crippen MR) is 169 cm³/mol. The molecule has 0 amide bonds. The van der Waals surface area contributed by atoms with Crippen molar-refractivity contribution in [2.75, 3.05) is 13.7 Å². The van der Waals surface area contributed by atoms with Gasteiger partial charge in [-0.3, -0.25) is 4.57 Å². The molecule has 9 nitrogen and oxygen atoms in total. The molecule has 5 rings (SSSR count). The first-order chi connectivity index (χ1) is 20.0. The molecular weight excluding hydrogens is 565 g/mol. The SMILES string of the molecule is CO[C@@H]1[C@@H]2O[Si](C(C)C)(C(C)C)O[Si](C(C)C)(C(C)C)OC[C@H]2O[C@H]1n1cnc2c(C=Cc3ccccc3)ncnc21. The van der Waals surface area contributed by atoms with Crippen molar-refractivity contribution in [1.29, 1.82) is 0 Å². The first kappa shape index (κ1) is 31.2. The van der Waals surface area contributed by atoms with Crippen LogP contribution in [-0.4, -0.2) is 68.7 Å². The number of aromatic nitrogens is 4. The Labute approximate surface area is 252 Å². The van der Waals surface area contributed by atoms with Crippen molar-refractivity contribution < 1.29 is 22.4 Å². The van der Waals surface area contributed by atoms with E-state index in [0.29, 0.717) is 17.8 Å². The summed E-state index contributed by atoms with van der Waals surface area (Å²) >= 11 is 0. The zero-order chi connectivity index (χ0) is 30.2. The normalized spacial score (nSPS) is 26.0. The lowest BCUT2D eigenvalue weighted by Gasteiger charge is -2.51. The maximum Gasteiger partial charge on any atom is 0.335 e. The van der Waals surface area contributed by atoms with Crippen molar-refractivity contribution in [1.82, 2.24) is 19.5 Å². The molecule has 0 spiro atoms. The Balaban J connectivity index is 1.53. The van der Waals surface area contributed by atoms with Gasteiger partial charge in [0.15, 0.2) is 11.9 Å². The van der Waals surface area contributed by atoms with Crippen LogP contribution in [0.25, 0.3) is 23.3 Å². The van der Waals surface area contributed by atoms with Gasteiger partial charge in [-0.1, -0.05) is 91.8 Å². The fraction of sp³-hybridized carbons (Fsp3) is 0.581. The van der Waals surface area contributed by atoms with E-state index in [1.165, 1.54) is 0 Å². The molecule has 228 valence electrons. The predicted octanol–water partition coefficient (Wildman–Crippen LogP) is 6.87. The van der Waals surface area contributed by atoms with Crippen molar-refractivity contribution in [3.63, 3.8) is 0 Å². The van der Waals surface area contributed by atoms with E-state index in [1.54, 1.807) is 19.8 Å². The molecule has 0 bridgehead atoms. The average molecular weight is 611 g/mol. The van der Waals surface area contributed by atoms with Crippen LogP contribution in [0.15, 0.2) is 43.0 Å². The smallest absolute Gasteiger partial charge is 0.335 e. The lowest BCUT2D eigenvalue weighted by molar-refractivity contribution is -0.0602. The summed E-state index contributed by atoms with van der Waals surface area (Å²) in [7, 11) is -3.80. The van der Waals surface area contributed by atoms with Gasteiger partial charge in [0.05, 0.1) is 18.6 Å². The van der Waals surface area contributed by atoms with Gasteiger partial charge in [-0.2, -0.15) is 0 Å². The van der Waals surface area contributed by atoms with Crippen LogP contribution < -0.4 is 0 Å². The molecule has 1 aromatic carbocycles. The standard InChI is InChI=1S/C31H46N4O5Si2/c1-20(2)41(21(3)4)37-17-26-28(39-42(40-41,22(5)6)23(7)8)29(36-9)31(38-26)35-19-34-27-25(32-18-33-30(27)35)16-15-24-13-11-10-12-14-24/h10-16,18-23,26,28-29,31H,17H2,1-9H3/t26-,28-,29-,31-/m1/s1. The first-order valence-electron chi connectivity index (χ1n) is 15.1. The molecule has 2 aliphatic heterocycles. The van der Waals surface area contributed by atoms with Crippen LogP contribution in [0.2, 0.25) is 22.2 Å². The van der Waals surface area contributed by atoms with Gasteiger partial charge in [0.2, 0.25) is 0 Å². The van der Waals surface area contributed by atoms with Gasteiger partial charge < -0.3 is 22.4 Å². The Kier molecular flexibility index (Phi) is 9.20. The second kappa shape index (κ2) is 12.4. The maximum absolute atomic E-state index is 7.36. The molecule has 0 aliphatic carbocycles. The minimum Gasteiger partial charge on any atom is -0.414 e. The number of nitrogens with zero attached hydrogens (tertiary/aromatic N) is 4. The summed E-state index contributed by atoms with van der Waals surface area (Å²) in [6, 6.07) is 10.1. The summed E-state index contributed by atoms with van der Waals surface area (Å²) in [6.07, 6.45) is 5.73. The van der Waals surface area contributed by atoms with Crippen molar-refractivity contribution in [2.45, 2.75) is 102 Å². The van der Waals surface area contributed by atoms with Gasteiger partial charge in [0.1, 0.15) is 30.2 Å². The minimum absolute atomic E-state index is 0.210. The Morgan fingerprint density at radius 2 is 1.55 bits per heavy atom. The third-order valence-electron chi connectivity index (χ3n) is 8.78. The highest BCUT2D eigenvalue weighted by Crippen LogP contribution is 2.49. The van der Waals surface area contributed by atoms with Gasteiger partial charge in [-0.15, -0.1) is 0 Å². The number of hydrogen-bond acceptors (Lipinski definition) is 8.